The van der Waals surface area contributed by atoms with Crippen LogP contribution >= 0.6 is 11.6 Å². The summed E-state index contributed by atoms with van der Waals surface area (Å²) in [6.07, 6.45) is 4.88. The summed E-state index contributed by atoms with van der Waals surface area (Å²) < 4.78 is 5.56. The van der Waals surface area contributed by atoms with Crippen molar-refractivity contribution in [3.63, 3.8) is 0 Å². The predicted octanol–water partition coefficient (Wildman–Crippen LogP) is 5.61. The molecule has 0 N–H and O–H groups in total. The topological polar surface area (TPSA) is 29.5 Å². The third kappa shape index (κ3) is 3.36. The van der Waals surface area contributed by atoms with Gasteiger partial charge >= 0.3 is 6.09 Å². The molecule has 0 saturated carbocycles. The van der Waals surface area contributed by atoms with Gasteiger partial charge in [0.2, 0.25) is 0 Å². The SMILES string of the molecule is Cc1ccc(C2=CC3CCC(C2)N3C(=O)OCc2ccccc2)cc1Cl. The van der Waals surface area contributed by atoms with Crippen LogP contribution < -0.4 is 0 Å². The number of carbonyl (C=O) groups is 1. The average molecular weight is 368 g/mol. The minimum absolute atomic E-state index is 0.118. The highest BCUT2D eigenvalue weighted by molar-refractivity contribution is 6.31. The van der Waals surface area contributed by atoms with Crippen LogP contribution in [-0.2, 0) is 11.3 Å². The van der Waals surface area contributed by atoms with Gasteiger partial charge in [0.15, 0.2) is 0 Å². The molecule has 2 aliphatic heterocycles. The molecule has 2 aromatic rings. The van der Waals surface area contributed by atoms with E-state index < -0.39 is 0 Å². The average Bonchev–Trinajstić information content (AvgIpc) is 2.92. The number of ether oxygens (including phenoxy) is 1. The number of fused-ring (bicyclic) bond motifs is 2. The number of rotatable bonds is 3. The summed E-state index contributed by atoms with van der Waals surface area (Å²) in [4.78, 5) is 14.5. The standard InChI is InChI=1S/C22H22ClNO2/c1-15-7-8-17(13-21(15)23)18-11-19-9-10-20(12-18)24(19)22(25)26-14-16-5-3-2-4-6-16/h2-8,11,13,19-20H,9-10,12,14H2,1H3. The van der Waals surface area contributed by atoms with Gasteiger partial charge in [-0.3, -0.25) is 4.90 Å². The number of benzene rings is 2. The van der Waals surface area contributed by atoms with E-state index in [9.17, 15) is 4.79 Å². The molecule has 0 aliphatic carbocycles. The molecule has 4 rings (SSSR count). The zero-order valence-corrected chi connectivity index (χ0v) is 15.6. The van der Waals surface area contributed by atoms with E-state index >= 15 is 0 Å². The zero-order valence-electron chi connectivity index (χ0n) is 14.8. The Bertz CT molecular complexity index is 846. The maximum absolute atomic E-state index is 12.6. The third-order valence-corrected chi connectivity index (χ3v) is 5.76. The molecule has 0 aromatic heterocycles. The van der Waals surface area contributed by atoms with Gasteiger partial charge in [0.05, 0.1) is 6.04 Å². The van der Waals surface area contributed by atoms with E-state index in [-0.39, 0.29) is 18.2 Å². The van der Waals surface area contributed by atoms with Crippen LogP contribution in [0.15, 0.2) is 54.6 Å². The largest absolute Gasteiger partial charge is 0.445 e. The number of hydrogen-bond acceptors (Lipinski definition) is 2. The summed E-state index contributed by atoms with van der Waals surface area (Å²) in [6, 6.07) is 16.3. The van der Waals surface area contributed by atoms with Gasteiger partial charge in [-0.05, 0) is 54.5 Å². The van der Waals surface area contributed by atoms with Gasteiger partial charge in [-0.15, -0.1) is 0 Å². The maximum atomic E-state index is 12.6. The monoisotopic (exact) mass is 367 g/mol. The minimum atomic E-state index is -0.210. The molecule has 2 aromatic carbocycles. The zero-order chi connectivity index (χ0) is 18.1. The molecule has 2 aliphatic rings. The van der Waals surface area contributed by atoms with Crippen molar-refractivity contribution >= 4 is 23.3 Å². The lowest BCUT2D eigenvalue weighted by molar-refractivity contribution is 0.0832. The second-order valence-corrected chi connectivity index (χ2v) is 7.51. The van der Waals surface area contributed by atoms with Gasteiger partial charge in [0.25, 0.3) is 0 Å². The predicted molar refractivity (Wildman–Crippen MR) is 104 cm³/mol. The van der Waals surface area contributed by atoms with Gasteiger partial charge in [-0.2, -0.15) is 0 Å². The number of nitrogens with zero attached hydrogens (tertiary/aromatic N) is 1. The van der Waals surface area contributed by atoms with Crippen molar-refractivity contribution in [3.8, 4) is 0 Å². The van der Waals surface area contributed by atoms with Gasteiger partial charge in [0.1, 0.15) is 6.61 Å². The van der Waals surface area contributed by atoms with Crippen molar-refractivity contribution in [1.29, 1.82) is 0 Å². The van der Waals surface area contributed by atoms with E-state index in [1.54, 1.807) is 0 Å². The van der Waals surface area contributed by atoms with Crippen molar-refractivity contribution in [2.24, 2.45) is 0 Å². The van der Waals surface area contributed by atoms with Gasteiger partial charge < -0.3 is 4.74 Å². The lowest BCUT2D eigenvalue weighted by atomic mass is 9.94. The molecular formula is C22H22ClNO2. The van der Waals surface area contributed by atoms with E-state index in [0.29, 0.717) is 6.61 Å². The van der Waals surface area contributed by atoms with Crippen LogP contribution in [0.5, 0.6) is 0 Å². The first kappa shape index (κ1) is 17.2. The number of carbonyl (C=O) groups excluding carboxylic acids is 1. The first-order valence-corrected chi connectivity index (χ1v) is 9.46. The van der Waals surface area contributed by atoms with Crippen LogP contribution in [0.3, 0.4) is 0 Å². The van der Waals surface area contributed by atoms with Crippen LogP contribution in [0.1, 0.15) is 36.0 Å². The Kier molecular flexibility index (Phi) is 4.73. The Hall–Kier alpha value is -2.26. The molecule has 2 heterocycles. The maximum Gasteiger partial charge on any atom is 0.410 e. The van der Waals surface area contributed by atoms with Crippen molar-refractivity contribution in [2.45, 2.75) is 44.9 Å². The lowest BCUT2D eigenvalue weighted by Gasteiger charge is -2.33. The molecule has 134 valence electrons. The molecule has 0 radical (unpaired) electrons. The summed E-state index contributed by atoms with van der Waals surface area (Å²) in [7, 11) is 0. The molecule has 2 atom stereocenters. The highest BCUT2D eigenvalue weighted by Crippen LogP contribution is 2.39. The van der Waals surface area contributed by atoms with Crippen LogP contribution in [0, 0.1) is 6.92 Å². The second kappa shape index (κ2) is 7.16. The van der Waals surface area contributed by atoms with E-state index in [2.05, 4.69) is 18.2 Å². The quantitative estimate of drug-likeness (QED) is 0.706. The van der Waals surface area contributed by atoms with Crippen molar-refractivity contribution in [1.82, 2.24) is 4.90 Å². The Morgan fingerprint density at radius 1 is 1.19 bits per heavy atom. The highest BCUT2D eigenvalue weighted by atomic mass is 35.5. The Balaban J connectivity index is 1.47. The van der Waals surface area contributed by atoms with E-state index in [1.165, 1.54) is 5.57 Å². The van der Waals surface area contributed by atoms with Gasteiger partial charge in [-0.25, -0.2) is 4.79 Å². The van der Waals surface area contributed by atoms with Crippen molar-refractivity contribution in [2.75, 3.05) is 0 Å². The Morgan fingerprint density at radius 2 is 2.00 bits per heavy atom. The minimum Gasteiger partial charge on any atom is -0.445 e. The molecular weight excluding hydrogens is 346 g/mol. The Morgan fingerprint density at radius 3 is 2.73 bits per heavy atom. The third-order valence-electron chi connectivity index (χ3n) is 5.35. The number of hydrogen-bond donors (Lipinski definition) is 0. The first-order valence-electron chi connectivity index (χ1n) is 9.08. The van der Waals surface area contributed by atoms with Crippen LogP contribution in [0.4, 0.5) is 4.79 Å². The van der Waals surface area contributed by atoms with Crippen LogP contribution in [0.25, 0.3) is 5.57 Å². The number of amides is 1. The smallest absolute Gasteiger partial charge is 0.410 e. The fourth-order valence-corrected chi connectivity index (χ4v) is 4.10. The summed E-state index contributed by atoms with van der Waals surface area (Å²) in [5.74, 6) is 0. The summed E-state index contributed by atoms with van der Waals surface area (Å²) in [5.41, 5.74) is 4.54. The van der Waals surface area contributed by atoms with E-state index in [4.69, 9.17) is 16.3 Å². The lowest BCUT2D eigenvalue weighted by Crippen LogP contribution is -2.43. The summed E-state index contributed by atoms with van der Waals surface area (Å²) >= 11 is 6.29. The summed E-state index contributed by atoms with van der Waals surface area (Å²) in [6.45, 7) is 2.33. The second-order valence-electron chi connectivity index (χ2n) is 7.11. The fourth-order valence-electron chi connectivity index (χ4n) is 3.92. The molecule has 0 spiro atoms. The van der Waals surface area contributed by atoms with Crippen molar-refractivity contribution in [3.05, 3.63) is 76.3 Å². The van der Waals surface area contributed by atoms with Crippen LogP contribution in [-0.4, -0.2) is 23.1 Å². The number of halogens is 1. The molecule has 1 fully saturated rings. The molecule has 3 nitrogen and oxygen atoms in total. The van der Waals surface area contributed by atoms with E-state index in [1.807, 2.05) is 48.2 Å². The normalized spacial score (nSPS) is 21.5. The number of aryl methyl sites for hydroxylation is 1. The molecule has 4 heteroatoms. The highest BCUT2D eigenvalue weighted by Gasteiger charge is 2.40. The molecule has 2 bridgehead atoms. The molecule has 26 heavy (non-hydrogen) atoms. The first-order chi connectivity index (χ1) is 12.6. The van der Waals surface area contributed by atoms with Crippen LogP contribution in [0.2, 0.25) is 5.02 Å². The molecule has 2 unspecified atom stereocenters. The van der Waals surface area contributed by atoms with Crippen molar-refractivity contribution < 1.29 is 9.53 Å². The van der Waals surface area contributed by atoms with E-state index in [0.717, 1.165) is 41.0 Å². The Labute approximate surface area is 159 Å². The molecule has 1 amide bonds. The fraction of sp³-hybridized carbons (Fsp3) is 0.318. The van der Waals surface area contributed by atoms with Gasteiger partial charge in [0, 0.05) is 11.1 Å². The molecule has 1 saturated heterocycles. The summed E-state index contributed by atoms with van der Waals surface area (Å²) in [5, 5.41) is 0.792. The van der Waals surface area contributed by atoms with Gasteiger partial charge in [-0.1, -0.05) is 60.1 Å².